The lowest BCUT2D eigenvalue weighted by Gasteiger charge is -2.34. The lowest BCUT2D eigenvalue weighted by molar-refractivity contribution is -0.125. The molecule has 1 saturated carbocycles. The fraction of sp³-hybridized carbons (Fsp3) is 0.238. The number of hydrogen-bond donors (Lipinski definition) is 1. The Morgan fingerprint density at radius 2 is 2.00 bits per heavy atom. The third-order valence-electron chi connectivity index (χ3n) is 4.63. The summed E-state index contributed by atoms with van der Waals surface area (Å²) in [5, 5.41) is 5.39. The van der Waals surface area contributed by atoms with Crippen molar-refractivity contribution in [1.82, 2.24) is 4.98 Å². The second-order valence-corrected chi connectivity index (χ2v) is 7.59. The zero-order valence-electron chi connectivity index (χ0n) is 15.2. The standard InChI is InChI=1S/C21H19FN2O3S/c1-13-10-16(4-7-19(13)27-21-23-8-9-28-21)24-20(25)14-11-18(12-14)26-17-5-2-15(22)3-6-17/h2-10,14,18H,11-12H2,1H3,(H,24,25). The summed E-state index contributed by atoms with van der Waals surface area (Å²) < 4.78 is 24.4. The Labute approximate surface area is 166 Å². The molecule has 2 aromatic carbocycles. The van der Waals surface area contributed by atoms with Crippen LogP contribution in [0.1, 0.15) is 18.4 Å². The van der Waals surface area contributed by atoms with Gasteiger partial charge in [-0.15, -0.1) is 0 Å². The first-order chi connectivity index (χ1) is 13.6. The molecule has 0 radical (unpaired) electrons. The van der Waals surface area contributed by atoms with Gasteiger partial charge in [0.25, 0.3) is 5.19 Å². The Morgan fingerprint density at radius 1 is 1.21 bits per heavy atom. The van der Waals surface area contributed by atoms with Crippen LogP contribution in [-0.2, 0) is 4.79 Å². The Kier molecular flexibility index (Phi) is 5.25. The number of anilines is 1. The molecule has 0 bridgehead atoms. The smallest absolute Gasteiger partial charge is 0.278 e. The highest BCUT2D eigenvalue weighted by molar-refractivity contribution is 7.11. The van der Waals surface area contributed by atoms with Gasteiger partial charge < -0.3 is 14.8 Å². The van der Waals surface area contributed by atoms with Crippen LogP contribution in [0.3, 0.4) is 0 Å². The number of aromatic nitrogens is 1. The molecule has 7 heteroatoms. The number of rotatable bonds is 6. The maximum absolute atomic E-state index is 12.9. The molecule has 0 spiro atoms. The zero-order valence-corrected chi connectivity index (χ0v) is 16.0. The van der Waals surface area contributed by atoms with E-state index in [9.17, 15) is 9.18 Å². The van der Waals surface area contributed by atoms with Crippen LogP contribution in [0, 0.1) is 18.7 Å². The molecule has 1 aromatic heterocycles. The van der Waals surface area contributed by atoms with E-state index in [0.717, 1.165) is 11.3 Å². The topological polar surface area (TPSA) is 60.5 Å². The molecule has 5 nitrogen and oxygen atoms in total. The molecule has 1 fully saturated rings. The van der Waals surface area contributed by atoms with Crippen molar-refractivity contribution in [1.29, 1.82) is 0 Å². The van der Waals surface area contributed by atoms with Crippen LogP contribution >= 0.6 is 11.3 Å². The fourth-order valence-corrected chi connectivity index (χ4v) is 3.52. The van der Waals surface area contributed by atoms with Crippen LogP contribution in [0.4, 0.5) is 10.1 Å². The van der Waals surface area contributed by atoms with Gasteiger partial charge in [0, 0.05) is 23.2 Å². The van der Waals surface area contributed by atoms with Crippen LogP contribution in [0.2, 0.25) is 0 Å². The summed E-state index contributed by atoms with van der Waals surface area (Å²) in [5.74, 6) is 0.932. The summed E-state index contributed by atoms with van der Waals surface area (Å²) in [6.07, 6.45) is 2.97. The van der Waals surface area contributed by atoms with Gasteiger partial charge in [-0.1, -0.05) is 11.3 Å². The molecule has 1 amide bonds. The van der Waals surface area contributed by atoms with Gasteiger partial charge in [-0.05, 0) is 67.8 Å². The van der Waals surface area contributed by atoms with Crippen LogP contribution in [-0.4, -0.2) is 17.0 Å². The van der Waals surface area contributed by atoms with E-state index in [1.165, 1.54) is 23.5 Å². The third kappa shape index (κ3) is 4.31. The summed E-state index contributed by atoms with van der Waals surface area (Å²) in [6, 6.07) is 11.4. The maximum atomic E-state index is 12.9. The van der Waals surface area contributed by atoms with E-state index in [1.54, 1.807) is 18.3 Å². The Morgan fingerprint density at radius 3 is 2.68 bits per heavy atom. The molecule has 1 heterocycles. The number of amides is 1. The number of nitrogens with zero attached hydrogens (tertiary/aromatic N) is 1. The van der Waals surface area contributed by atoms with Gasteiger partial charge in [0.15, 0.2) is 0 Å². The van der Waals surface area contributed by atoms with Crippen molar-refractivity contribution in [3.63, 3.8) is 0 Å². The summed E-state index contributed by atoms with van der Waals surface area (Å²) in [5.41, 5.74) is 1.65. The number of hydrogen-bond acceptors (Lipinski definition) is 5. The monoisotopic (exact) mass is 398 g/mol. The van der Waals surface area contributed by atoms with Crippen LogP contribution in [0.15, 0.2) is 54.0 Å². The zero-order chi connectivity index (χ0) is 19.5. The van der Waals surface area contributed by atoms with Gasteiger partial charge in [-0.25, -0.2) is 9.37 Å². The van der Waals surface area contributed by atoms with Gasteiger partial charge in [-0.2, -0.15) is 0 Å². The first-order valence-corrected chi connectivity index (χ1v) is 9.86. The number of benzene rings is 2. The summed E-state index contributed by atoms with van der Waals surface area (Å²) in [7, 11) is 0. The predicted octanol–water partition coefficient (Wildman–Crippen LogP) is 5.18. The SMILES string of the molecule is Cc1cc(NC(=O)C2CC(Oc3ccc(F)cc3)C2)ccc1Oc1nccs1. The molecule has 0 atom stereocenters. The largest absolute Gasteiger partial charge is 0.490 e. The number of nitrogens with one attached hydrogen (secondary N) is 1. The molecule has 0 unspecified atom stereocenters. The normalized spacial score (nSPS) is 18.2. The number of carbonyl (C=O) groups excluding carboxylic acids is 1. The molecule has 28 heavy (non-hydrogen) atoms. The highest BCUT2D eigenvalue weighted by Crippen LogP contribution is 2.33. The Hall–Kier alpha value is -2.93. The average Bonchev–Trinajstić information content (AvgIpc) is 3.14. The second kappa shape index (κ2) is 7.98. The Balaban J connectivity index is 1.28. The van der Waals surface area contributed by atoms with Crippen molar-refractivity contribution in [3.05, 3.63) is 65.4 Å². The van der Waals surface area contributed by atoms with E-state index < -0.39 is 0 Å². The van der Waals surface area contributed by atoms with Crippen molar-refractivity contribution >= 4 is 22.9 Å². The van der Waals surface area contributed by atoms with E-state index in [0.29, 0.717) is 29.5 Å². The van der Waals surface area contributed by atoms with Gasteiger partial charge >= 0.3 is 0 Å². The molecular formula is C21H19FN2O3S. The fourth-order valence-electron chi connectivity index (χ4n) is 3.02. The first kappa shape index (κ1) is 18.4. The minimum Gasteiger partial charge on any atom is -0.490 e. The third-order valence-corrected chi connectivity index (χ3v) is 5.28. The van der Waals surface area contributed by atoms with Crippen molar-refractivity contribution in [2.24, 2.45) is 5.92 Å². The molecule has 1 N–H and O–H groups in total. The van der Waals surface area contributed by atoms with Crippen molar-refractivity contribution < 1.29 is 18.7 Å². The molecule has 1 aliphatic rings. The second-order valence-electron chi connectivity index (χ2n) is 6.73. The quantitative estimate of drug-likeness (QED) is 0.622. The minimum atomic E-state index is -0.295. The van der Waals surface area contributed by atoms with Crippen LogP contribution < -0.4 is 14.8 Å². The number of aryl methyl sites for hydroxylation is 1. The molecule has 3 aromatic rings. The first-order valence-electron chi connectivity index (χ1n) is 8.98. The molecule has 1 aliphatic carbocycles. The van der Waals surface area contributed by atoms with Crippen molar-refractivity contribution in [2.45, 2.75) is 25.9 Å². The van der Waals surface area contributed by atoms with E-state index in [2.05, 4.69) is 10.3 Å². The molecule has 4 rings (SSSR count). The molecular weight excluding hydrogens is 379 g/mol. The summed E-state index contributed by atoms with van der Waals surface area (Å²) in [4.78, 5) is 16.5. The lowest BCUT2D eigenvalue weighted by atomic mass is 9.81. The predicted molar refractivity (Wildman–Crippen MR) is 106 cm³/mol. The van der Waals surface area contributed by atoms with Crippen LogP contribution in [0.5, 0.6) is 16.7 Å². The average molecular weight is 398 g/mol. The highest BCUT2D eigenvalue weighted by Gasteiger charge is 2.36. The highest BCUT2D eigenvalue weighted by atomic mass is 32.1. The molecule has 144 valence electrons. The maximum Gasteiger partial charge on any atom is 0.278 e. The number of ether oxygens (including phenoxy) is 2. The molecule has 0 aliphatic heterocycles. The van der Waals surface area contributed by atoms with E-state index in [4.69, 9.17) is 9.47 Å². The number of thiazole rings is 1. The van der Waals surface area contributed by atoms with E-state index >= 15 is 0 Å². The van der Waals surface area contributed by atoms with Gasteiger partial charge in [0.1, 0.15) is 23.4 Å². The van der Waals surface area contributed by atoms with Gasteiger partial charge in [0.2, 0.25) is 5.91 Å². The van der Waals surface area contributed by atoms with E-state index in [1.807, 2.05) is 30.5 Å². The summed E-state index contributed by atoms with van der Waals surface area (Å²) in [6.45, 7) is 1.93. The van der Waals surface area contributed by atoms with Crippen molar-refractivity contribution in [2.75, 3.05) is 5.32 Å². The van der Waals surface area contributed by atoms with Gasteiger partial charge in [0.05, 0.1) is 0 Å². The number of carbonyl (C=O) groups is 1. The van der Waals surface area contributed by atoms with Crippen LogP contribution in [0.25, 0.3) is 0 Å². The minimum absolute atomic E-state index is 0.0166. The lowest BCUT2D eigenvalue weighted by Crippen LogP contribution is -2.40. The Bertz CT molecular complexity index is 954. The van der Waals surface area contributed by atoms with Gasteiger partial charge in [-0.3, -0.25) is 4.79 Å². The number of halogens is 1. The van der Waals surface area contributed by atoms with E-state index in [-0.39, 0.29) is 23.7 Å². The van der Waals surface area contributed by atoms with Crippen molar-refractivity contribution in [3.8, 4) is 16.7 Å². The summed E-state index contributed by atoms with van der Waals surface area (Å²) >= 11 is 1.42. The molecule has 0 saturated heterocycles.